The zero-order valence-electron chi connectivity index (χ0n) is 84.1. The SMILES string of the molecule is [2H]C(C)(C)c1cc(C)[n+](C)c(-c2c(C)ccc3c2oc2c(-c4ccccc4)c([N+]#[C-])ccc23)c1.[2H]C([2H])([2H])C([2H])(C)c1cc(C)[n+](C)c(-c2c(C)ccc3c2oc2c(-c4ccccc4)c([N+]#[C-])ccc23)c1.[2H]C1(c2ccc(-c3c(C)ccc4c3oc3c(-c5ccccc5)c([N+]#[C-])ccc34)[n+](C)c2C)CCCCC1.[C-]#[N+]c1ccc2c(oc3c(-c4cc(C)cc(C)[n+]4C)c(C)ccc32)c1-c1ccccc1. The smallest absolute Gasteiger partial charge is 0.216 e. The molecule has 1 aliphatic rings. The van der Waals surface area contributed by atoms with E-state index in [0.717, 1.165) is 237 Å². The average Bonchev–Trinajstić information content (AvgIpc) is 1.61. The minimum Gasteiger partial charge on any atom is -0.456 e. The lowest BCUT2D eigenvalue weighted by Crippen LogP contribution is -2.36. The van der Waals surface area contributed by atoms with E-state index < -0.39 is 24.5 Å². The summed E-state index contributed by atoms with van der Waals surface area (Å²) in [7, 11) is 8.18. The first-order valence-electron chi connectivity index (χ1n) is 48.3. The number of hydrogen-bond donors (Lipinski definition) is 0. The second kappa shape index (κ2) is 36.4. The van der Waals surface area contributed by atoms with Gasteiger partial charge in [-0.3, -0.25) is 0 Å². The van der Waals surface area contributed by atoms with E-state index in [9.17, 15) is 1.37 Å². The monoisotopic (exact) mass is 1740 g/mol. The van der Waals surface area contributed by atoms with Gasteiger partial charge in [0.1, 0.15) is 72.9 Å². The maximum atomic E-state index is 9.21. The molecule has 0 aliphatic heterocycles. The second-order valence-corrected chi connectivity index (χ2v) is 35.5. The molecule has 1 atom stereocenters. The Morgan fingerprint density at radius 1 is 0.308 bits per heavy atom. The number of aryl methyl sites for hydroxylation is 8. The summed E-state index contributed by atoms with van der Waals surface area (Å²) in [5.41, 5.74) is 35.9. The molecule has 0 bridgehead atoms. The van der Waals surface area contributed by atoms with E-state index in [1.54, 1.807) is 12.1 Å². The topological polar surface area (TPSA) is 85.5 Å². The largest absolute Gasteiger partial charge is 0.456 e. The van der Waals surface area contributed by atoms with Gasteiger partial charge in [0.05, 0.1) is 48.5 Å². The molecule has 0 spiro atoms. The number of furan rings is 4. The normalized spacial score (nSPS) is 13.7. The number of hydrogen-bond acceptors (Lipinski definition) is 4. The number of fused-ring (bicyclic) bond motifs is 12. The van der Waals surface area contributed by atoms with Gasteiger partial charge in [-0.15, -0.1) is 0 Å². The summed E-state index contributed by atoms with van der Waals surface area (Å²) in [6.45, 7) is 52.5. The zero-order chi connectivity index (χ0) is 98.3. The number of nitrogens with zero attached hydrogens (tertiary/aromatic N) is 8. The minimum absolute atomic E-state index is 0.422. The van der Waals surface area contributed by atoms with E-state index in [1.807, 2.05) is 221 Å². The molecule has 0 amide bonds. The second-order valence-electron chi connectivity index (χ2n) is 35.5. The fourth-order valence-electron chi connectivity index (χ4n) is 19.6. The Kier molecular flexibility index (Phi) is 22.1. The third-order valence-electron chi connectivity index (χ3n) is 27.0. The third-order valence-corrected chi connectivity index (χ3v) is 27.0. The van der Waals surface area contributed by atoms with Crippen LogP contribution in [0.25, 0.3) is 197 Å². The quantitative estimate of drug-likeness (QED) is 0.0954. The van der Waals surface area contributed by atoms with E-state index in [0.29, 0.717) is 39.5 Å². The van der Waals surface area contributed by atoms with Crippen LogP contribution in [-0.2, 0) is 28.2 Å². The van der Waals surface area contributed by atoms with E-state index >= 15 is 0 Å². The molecule has 0 N–H and O–H groups in total. The summed E-state index contributed by atoms with van der Waals surface area (Å²) >= 11 is 0. The van der Waals surface area contributed by atoms with Gasteiger partial charge in [0.15, 0.2) is 45.5 Å². The van der Waals surface area contributed by atoms with Gasteiger partial charge in [0, 0.05) is 149 Å². The van der Waals surface area contributed by atoms with Gasteiger partial charge in [-0.2, -0.15) is 18.3 Å². The van der Waals surface area contributed by atoms with E-state index in [4.69, 9.17) is 50.8 Å². The van der Waals surface area contributed by atoms with E-state index in [2.05, 4.69) is 175 Å². The van der Waals surface area contributed by atoms with Crippen molar-refractivity contribution in [1.82, 2.24) is 0 Å². The lowest BCUT2D eigenvalue weighted by Gasteiger charge is -2.22. The molecule has 21 rings (SSSR count). The lowest BCUT2D eigenvalue weighted by molar-refractivity contribution is -0.667. The Bertz CT molecular complexity index is 8560. The molecule has 12 nitrogen and oxygen atoms in total. The fourth-order valence-corrected chi connectivity index (χ4v) is 19.6. The molecule has 12 aromatic carbocycles. The van der Waals surface area contributed by atoms with Gasteiger partial charge in [0.2, 0.25) is 22.8 Å². The van der Waals surface area contributed by atoms with Crippen molar-refractivity contribution in [3.8, 4) is 89.5 Å². The molecule has 1 fully saturated rings. The summed E-state index contributed by atoms with van der Waals surface area (Å²) in [5.74, 6) is -2.99. The van der Waals surface area contributed by atoms with Crippen LogP contribution in [0, 0.1) is 88.6 Å². The third kappa shape index (κ3) is 15.9. The van der Waals surface area contributed by atoms with E-state index in [-0.39, 0.29) is 0 Å². The molecule has 8 heterocycles. The maximum Gasteiger partial charge on any atom is 0.216 e. The van der Waals surface area contributed by atoms with Crippen LogP contribution in [0.15, 0.2) is 285 Å². The van der Waals surface area contributed by atoms with Crippen molar-refractivity contribution in [2.24, 2.45) is 28.2 Å². The lowest BCUT2D eigenvalue weighted by atomic mass is 9.83. The average molecular weight is 1740 g/mol. The van der Waals surface area contributed by atoms with Gasteiger partial charge in [-0.05, 0) is 132 Å². The molecule has 0 radical (unpaired) electrons. The van der Waals surface area contributed by atoms with Crippen LogP contribution >= 0.6 is 0 Å². The van der Waals surface area contributed by atoms with Gasteiger partial charge >= 0.3 is 0 Å². The Balaban J connectivity index is 0.000000123. The van der Waals surface area contributed by atoms with Crippen molar-refractivity contribution < 1.29 is 44.2 Å². The zero-order valence-corrected chi connectivity index (χ0v) is 78.1. The standard InChI is InChI=1S/C33H31N2O.2C30H27N2O.C28H23N2O/c1-21-15-16-26-27-17-19-28(34-3)31(24-13-9-6-10-14-24)33(27)36-32(26)30(21)29-20-18-25(22(2)35(29)4)23-11-7-5-8-12-23;2*1-18(2)22-16-20(4)32(6)26(17-22)27-19(3)12-13-23-24-14-15-25(31-5)28(30(24)33-29(23)27)21-10-8-7-9-11-21;1-17-15-19(3)30(5)24(16-17)25-18(2)11-12-21-22-13-14-23(29-4)26(28(22)31-27(21)25)20-9-7-6-8-10-20/h6,9-10,13-20,23H,5,7-8,11-12H2,1-2,4H3;2*7-18H,1-4,6H3;6-16H,1-3,5H3/q4*+1/i23D;1D3,18D;18D;. The van der Waals surface area contributed by atoms with Crippen LogP contribution in [0.1, 0.15) is 153 Å². The number of pyridine rings is 4. The first-order chi connectivity index (χ1) is 66.6. The number of rotatable bonds is 11. The van der Waals surface area contributed by atoms with Crippen LogP contribution in [0.4, 0.5) is 22.7 Å². The van der Waals surface area contributed by atoms with Crippen molar-refractivity contribution in [2.75, 3.05) is 0 Å². The predicted octanol–water partition coefficient (Wildman–Crippen LogP) is 32.3. The summed E-state index contributed by atoms with van der Waals surface area (Å²) < 4.78 is 85.6. The Morgan fingerprint density at radius 2 is 0.586 bits per heavy atom. The molecule has 652 valence electrons. The van der Waals surface area contributed by atoms with Crippen LogP contribution in [-0.4, -0.2) is 0 Å². The molecular weight excluding hydrogens is 1630 g/mol. The summed E-state index contributed by atoms with van der Waals surface area (Å²) in [4.78, 5) is 15.2. The fraction of sp³-hybridized carbons (Fsp3) is 0.207. The summed E-state index contributed by atoms with van der Waals surface area (Å²) in [5, 5.41) is 8.03. The van der Waals surface area contributed by atoms with Crippen molar-refractivity contribution in [3.63, 3.8) is 0 Å². The van der Waals surface area contributed by atoms with Crippen molar-refractivity contribution >= 4 is 111 Å². The maximum absolute atomic E-state index is 9.21. The minimum atomic E-state index is -2.49. The molecule has 8 aromatic heterocycles. The van der Waals surface area contributed by atoms with Crippen LogP contribution in [0.3, 0.4) is 0 Å². The van der Waals surface area contributed by atoms with Crippen LogP contribution in [0.2, 0.25) is 0 Å². The summed E-state index contributed by atoms with van der Waals surface area (Å²) in [6.07, 6.45) is 5.34. The van der Waals surface area contributed by atoms with Crippen LogP contribution < -0.4 is 18.3 Å². The molecule has 133 heavy (non-hydrogen) atoms. The molecule has 1 unspecified atom stereocenters. The predicted molar refractivity (Wildman–Crippen MR) is 545 cm³/mol. The van der Waals surface area contributed by atoms with Crippen molar-refractivity contribution in [1.29, 1.82) is 0 Å². The highest BCUT2D eigenvalue weighted by Gasteiger charge is 2.33. The summed E-state index contributed by atoms with van der Waals surface area (Å²) in [6, 6.07) is 88.7. The van der Waals surface area contributed by atoms with E-state index in [1.165, 1.54) is 30.2 Å². The molecule has 0 saturated heterocycles. The Labute approximate surface area is 787 Å². The number of benzene rings is 12. The molecule has 1 aliphatic carbocycles. The highest BCUT2D eigenvalue weighted by atomic mass is 16.3. The van der Waals surface area contributed by atoms with Crippen molar-refractivity contribution in [2.45, 2.75) is 140 Å². The van der Waals surface area contributed by atoms with Gasteiger partial charge < -0.3 is 17.7 Å². The highest BCUT2D eigenvalue weighted by molar-refractivity contribution is 6.19. The molecule has 20 aromatic rings. The van der Waals surface area contributed by atoms with Crippen molar-refractivity contribution in [3.05, 3.63) is 380 Å². The van der Waals surface area contributed by atoms with Gasteiger partial charge in [-0.25, -0.2) is 19.4 Å². The van der Waals surface area contributed by atoms with Gasteiger partial charge in [-0.1, -0.05) is 265 Å². The first-order valence-corrected chi connectivity index (χ1v) is 45.3. The number of aromatic nitrogens is 4. The Morgan fingerprint density at radius 3 is 0.887 bits per heavy atom. The molecule has 1 saturated carbocycles. The molecule has 12 heteroatoms. The Hall–Kier alpha value is -15.6. The highest BCUT2D eigenvalue weighted by Crippen LogP contribution is 2.51. The van der Waals surface area contributed by atoms with Crippen LogP contribution in [0.5, 0.6) is 0 Å². The van der Waals surface area contributed by atoms with Gasteiger partial charge in [0.25, 0.3) is 0 Å². The molecular formula is C121H108N8O4+4. The first kappa shape index (κ1) is 80.7.